The van der Waals surface area contributed by atoms with E-state index in [4.69, 9.17) is 19.4 Å². The summed E-state index contributed by atoms with van der Waals surface area (Å²) in [6, 6.07) is 6.59. The summed E-state index contributed by atoms with van der Waals surface area (Å²) in [5.74, 6) is -1.60. The first kappa shape index (κ1) is 49.4. The van der Waals surface area contributed by atoms with Crippen molar-refractivity contribution in [2.24, 2.45) is 5.92 Å². The molecule has 7 rings (SSSR count). The zero-order valence-electron chi connectivity index (χ0n) is 38.7. The molecule has 0 spiro atoms. The van der Waals surface area contributed by atoms with Crippen LogP contribution in [0.25, 0.3) is 21.6 Å². The molecule has 3 fully saturated rings. The van der Waals surface area contributed by atoms with Gasteiger partial charge in [0.2, 0.25) is 21.8 Å². The molecule has 360 valence electrons. The van der Waals surface area contributed by atoms with E-state index in [1.807, 2.05) is 32.2 Å². The highest BCUT2D eigenvalue weighted by molar-refractivity contribution is 7.91. The molecule has 3 aliphatic rings. The first-order valence-corrected chi connectivity index (χ1v) is 25.0. The first-order chi connectivity index (χ1) is 31.6. The van der Waals surface area contributed by atoms with Crippen molar-refractivity contribution < 1.29 is 45.4 Å². The number of aryl methyl sites for hydroxylation is 2. The average molecular weight is 965 g/mol. The summed E-state index contributed by atoms with van der Waals surface area (Å²) >= 11 is 1.44. The number of carbonyl (C=O) groups is 3. The fourth-order valence-electron chi connectivity index (χ4n) is 8.65. The highest BCUT2D eigenvalue weighted by atomic mass is 32.2. The number of likely N-dealkylation sites (tertiary alicyclic amines) is 1. The number of fused-ring (bicyclic) bond motifs is 1. The minimum Gasteiger partial charge on any atom is -0.496 e. The van der Waals surface area contributed by atoms with Crippen molar-refractivity contribution >= 4 is 55.7 Å². The van der Waals surface area contributed by atoms with Gasteiger partial charge in [0.15, 0.2) is 0 Å². The molecule has 3 heterocycles. The highest BCUT2D eigenvalue weighted by Gasteiger charge is 2.63. The zero-order chi connectivity index (χ0) is 48.6. The molecule has 0 radical (unpaired) electrons. The zero-order valence-corrected chi connectivity index (χ0v) is 40.4. The predicted octanol–water partition coefficient (Wildman–Crippen LogP) is 9.15. The maximum Gasteiger partial charge on any atom is 0.416 e. The van der Waals surface area contributed by atoms with Crippen molar-refractivity contribution in [3.05, 3.63) is 89.5 Å². The summed E-state index contributed by atoms with van der Waals surface area (Å²) in [6.45, 7) is 16.5. The van der Waals surface area contributed by atoms with Gasteiger partial charge in [0, 0.05) is 40.4 Å². The van der Waals surface area contributed by atoms with Gasteiger partial charge in [0.1, 0.15) is 45.9 Å². The fraction of sp³-hybridized carbons (Fsp3) is 0.490. The number of rotatable bonds is 20. The van der Waals surface area contributed by atoms with Crippen LogP contribution in [0.4, 0.5) is 18.9 Å². The Morgan fingerprint density at radius 2 is 1.79 bits per heavy atom. The molecule has 0 unspecified atom stereocenters. The summed E-state index contributed by atoms with van der Waals surface area (Å²) in [5, 5.41) is 9.19. The number of anilines is 1. The number of hydrogen-bond acceptors (Lipinski definition) is 11. The Balaban J connectivity index is 1.26. The maximum atomic E-state index is 15.1. The van der Waals surface area contributed by atoms with Crippen LogP contribution >= 0.6 is 11.3 Å². The quantitative estimate of drug-likeness (QED) is 0.0574. The Hall–Kier alpha value is -5.49. The average Bonchev–Trinajstić information content (AvgIpc) is 4.06. The number of carbonyl (C=O) groups excluding carboxylic acids is 3. The van der Waals surface area contributed by atoms with Gasteiger partial charge in [-0.3, -0.25) is 19.1 Å². The van der Waals surface area contributed by atoms with Gasteiger partial charge in [-0.05, 0) is 101 Å². The Morgan fingerprint density at radius 3 is 2.42 bits per heavy atom. The number of nitrogens with zero attached hydrogens (tertiary/aromatic N) is 3. The maximum absolute atomic E-state index is 15.1. The lowest BCUT2D eigenvalue weighted by molar-refractivity contribution is -0.140. The van der Waals surface area contributed by atoms with Gasteiger partial charge >= 0.3 is 6.18 Å². The van der Waals surface area contributed by atoms with Gasteiger partial charge in [-0.15, -0.1) is 24.5 Å². The van der Waals surface area contributed by atoms with Gasteiger partial charge < -0.3 is 25.0 Å². The van der Waals surface area contributed by atoms with Crippen molar-refractivity contribution in [3.8, 4) is 22.2 Å². The minimum atomic E-state index is -4.64. The number of hydrogen-bond donors (Lipinski definition) is 3. The first-order valence-electron chi connectivity index (χ1n) is 22.6. The van der Waals surface area contributed by atoms with Gasteiger partial charge in [-0.1, -0.05) is 38.8 Å². The topological polar surface area (TPSA) is 169 Å². The van der Waals surface area contributed by atoms with Crippen LogP contribution in [-0.4, -0.2) is 83.1 Å². The second-order valence-corrected chi connectivity index (χ2v) is 21.7. The van der Waals surface area contributed by atoms with Gasteiger partial charge in [0.05, 0.1) is 35.2 Å². The van der Waals surface area contributed by atoms with Crippen molar-refractivity contribution in [1.82, 2.24) is 24.9 Å². The van der Waals surface area contributed by atoms with E-state index in [9.17, 15) is 31.2 Å². The van der Waals surface area contributed by atoms with Gasteiger partial charge in [0.25, 0.3) is 5.91 Å². The molecule has 2 aromatic carbocycles. The number of allylic oxidation sites excluding steroid dienone is 1. The smallest absolute Gasteiger partial charge is 0.416 e. The normalized spacial score (nSPS) is 21.4. The van der Waals surface area contributed by atoms with E-state index in [2.05, 4.69) is 28.5 Å². The van der Waals surface area contributed by atoms with E-state index in [0.717, 1.165) is 36.2 Å². The molecule has 3 N–H and O–H groups in total. The Labute approximate surface area is 394 Å². The monoisotopic (exact) mass is 964 g/mol. The number of halogens is 3. The summed E-state index contributed by atoms with van der Waals surface area (Å²) in [7, 11) is -2.51. The molecular formula is C49H59F3N6O7S2. The van der Waals surface area contributed by atoms with Crippen LogP contribution in [0.15, 0.2) is 67.1 Å². The van der Waals surface area contributed by atoms with E-state index < -0.39 is 73.9 Å². The van der Waals surface area contributed by atoms with E-state index in [0.29, 0.717) is 64.4 Å². The Bertz CT molecular complexity index is 2680. The standard InChI is InChI=1S/C49H59F3N6O7S2/c1-9-11-12-13-14-15-36(53-33-21-29(5)20-32(22-33)49(50,51)52)45(60)58-26-34(23-39(58)43(59)56-48(25-31(48)10-2)46(61)57-67(62,63)47(7)18-19-47)65-41-24-37(44-55-38(27-66-44)28(3)4)54-42-30(6)40(64-8)17-16-35(41)42/h9-10,16-17,20-22,24,27-28,31,34,36,39,53H,1-2,11-15,18-19,23,25-26H2,3-8H3,(H,56,59)(H,57,61)/t31-,34-,36+,39+,48-/m1/s1. The Kier molecular flexibility index (Phi) is 14.2. The van der Waals surface area contributed by atoms with Crippen molar-refractivity contribution in [2.75, 3.05) is 19.0 Å². The number of alkyl halides is 3. The number of nitrogens with one attached hydrogen (secondary N) is 3. The molecule has 5 atom stereocenters. The van der Waals surface area contributed by atoms with Crippen LogP contribution in [0.1, 0.15) is 107 Å². The minimum absolute atomic E-state index is 0.0534. The molecule has 67 heavy (non-hydrogen) atoms. The van der Waals surface area contributed by atoms with E-state index >= 15 is 4.79 Å². The number of methoxy groups -OCH3 is 1. The molecule has 4 aromatic rings. The molecule has 2 aromatic heterocycles. The molecule has 1 aliphatic heterocycles. The lowest BCUT2D eigenvalue weighted by Gasteiger charge is -2.30. The van der Waals surface area contributed by atoms with Crippen molar-refractivity contribution in [1.29, 1.82) is 0 Å². The second kappa shape index (κ2) is 19.2. The third kappa shape index (κ3) is 10.5. The fourth-order valence-corrected chi connectivity index (χ4v) is 10.9. The third-order valence-electron chi connectivity index (χ3n) is 13.2. The number of amides is 3. The van der Waals surface area contributed by atoms with Crippen molar-refractivity contribution in [3.63, 3.8) is 0 Å². The number of thiazole rings is 1. The molecule has 1 saturated heterocycles. The Morgan fingerprint density at radius 1 is 1.04 bits per heavy atom. The number of sulfonamides is 1. The third-order valence-corrected chi connectivity index (χ3v) is 16.2. The molecule has 2 aliphatic carbocycles. The van der Waals surface area contributed by atoms with Crippen LogP contribution in [0.2, 0.25) is 0 Å². The van der Waals surface area contributed by atoms with Gasteiger partial charge in [-0.2, -0.15) is 13.2 Å². The predicted molar refractivity (Wildman–Crippen MR) is 254 cm³/mol. The van der Waals surface area contributed by atoms with Crippen LogP contribution in [0, 0.1) is 19.8 Å². The van der Waals surface area contributed by atoms with Crippen LogP contribution < -0.4 is 24.8 Å². The number of aromatic nitrogens is 2. The van der Waals surface area contributed by atoms with Crippen LogP contribution in [0.5, 0.6) is 11.5 Å². The largest absolute Gasteiger partial charge is 0.496 e. The lowest BCUT2D eigenvalue weighted by atomic mass is 10.0. The van der Waals surface area contributed by atoms with Gasteiger partial charge in [-0.25, -0.2) is 18.4 Å². The molecular weight excluding hydrogens is 906 g/mol. The molecule has 3 amide bonds. The van der Waals surface area contributed by atoms with Crippen molar-refractivity contribution in [2.45, 2.75) is 133 Å². The highest BCUT2D eigenvalue weighted by Crippen LogP contribution is 2.47. The number of unbranched alkanes of at least 4 members (excludes halogenated alkanes) is 3. The molecule has 2 saturated carbocycles. The van der Waals surface area contributed by atoms with E-state index in [1.165, 1.54) is 35.3 Å². The summed E-state index contributed by atoms with van der Waals surface area (Å²) in [5.41, 5.74) is 0.672. The van der Waals surface area contributed by atoms with E-state index in [1.54, 1.807) is 32.2 Å². The van der Waals surface area contributed by atoms with E-state index in [-0.39, 0.29) is 37.4 Å². The van der Waals surface area contributed by atoms with Crippen LogP contribution in [-0.2, 0) is 30.6 Å². The number of ether oxygens (including phenoxy) is 2. The number of benzene rings is 2. The van der Waals surface area contributed by atoms with Crippen LogP contribution in [0.3, 0.4) is 0 Å². The lowest BCUT2D eigenvalue weighted by Crippen LogP contribution is -2.58. The molecule has 18 heteroatoms. The summed E-state index contributed by atoms with van der Waals surface area (Å²) in [4.78, 5) is 55.0. The molecule has 13 nitrogen and oxygen atoms in total. The molecule has 0 bridgehead atoms. The summed E-state index contributed by atoms with van der Waals surface area (Å²) < 4.78 is 82.1. The SMILES string of the molecule is C=CCCCCC[C@H](Nc1cc(C)cc(C(F)(F)F)c1)C(=O)N1C[C@H](Oc2cc(-c3nc(C(C)C)cs3)nc3c(C)c(OC)ccc23)C[C@H]1C(=O)N[C@]1(C(=O)NS(=O)(=O)C2(C)CC2)C[C@H]1C=C. The second-order valence-electron chi connectivity index (χ2n) is 18.6. The summed E-state index contributed by atoms with van der Waals surface area (Å²) in [6.07, 6.45) is 1.58. The number of pyridine rings is 1.